The molecule has 5 nitrogen and oxygen atoms in total. The Labute approximate surface area is 163 Å². The minimum Gasteiger partial charge on any atom is -0.379 e. The number of sulfonamides is 1. The van der Waals surface area contributed by atoms with Crippen LogP contribution in [-0.2, 0) is 14.8 Å². The van der Waals surface area contributed by atoms with Gasteiger partial charge in [0.25, 0.3) is 10.0 Å². The number of ether oxygens (including phenoxy) is 1. The van der Waals surface area contributed by atoms with Gasteiger partial charge in [-0.3, -0.25) is 0 Å². The summed E-state index contributed by atoms with van der Waals surface area (Å²) in [5.41, 5.74) is 2.94. The van der Waals surface area contributed by atoms with Crippen LogP contribution in [0.2, 0.25) is 0 Å². The van der Waals surface area contributed by atoms with Gasteiger partial charge >= 0.3 is 0 Å². The van der Waals surface area contributed by atoms with Gasteiger partial charge in [-0.25, -0.2) is 13.4 Å². The summed E-state index contributed by atoms with van der Waals surface area (Å²) in [4.78, 5) is 5.26. The predicted octanol–water partition coefficient (Wildman–Crippen LogP) is 3.81. The Morgan fingerprint density at radius 1 is 0.963 bits per heavy atom. The quantitative estimate of drug-likeness (QED) is 0.668. The van der Waals surface area contributed by atoms with E-state index in [1.807, 2.05) is 61.5 Å². The summed E-state index contributed by atoms with van der Waals surface area (Å²) < 4.78 is 33.4. The van der Waals surface area contributed by atoms with Crippen molar-refractivity contribution in [2.75, 3.05) is 26.3 Å². The zero-order valence-electron chi connectivity index (χ0n) is 15.0. The topological polar surface area (TPSA) is 59.5 Å². The maximum atomic E-state index is 13.3. The lowest BCUT2D eigenvalue weighted by atomic mass is 10.2. The molecule has 2 heterocycles. The van der Waals surface area contributed by atoms with E-state index in [0.717, 1.165) is 16.7 Å². The molecule has 3 aromatic rings. The molecule has 1 saturated heterocycles. The van der Waals surface area contributed by atoms with Crippen LogP contribution in [0.5, 0.6) is 0 Å². The highest BCUT2D eigenvalue weighted by atomic mass is 32.2. The first-order valence-electron chi connectivity index (χ1n) is 8.77. The summed E-state index contributed by atoms with van der Waals surface area (Å²) in [7, 11) is -3.68. The van der Waals surface area contributed by atoms with E-state index in [9.17, 15) is 8.42 Å². The van der Waals surface area contributed by atoms with Gasteiger partial charge in [-0.2, -0.15) is 4.31 Å². The average molecular weight is 401 g/mol. The highest BCUT2D eigenvalue weighted by molar-refractivity contribution is 7.89. The number of morpholine rings is 1. The minimum atomic E-state index is -3.68. The Hall–Kier alpha value is -2.06. The van der Waals surface area contributed by atoms with E-state index in [0.29, 0.717) is 36.2 Å². The molecule has 0 amide bonds. The number of benzene rings is 2. The van der Waals surface area contributed by atoms with Crippen LogP contribution in [0.1, 0.15) is 5.56 Å². The van der Waals surface area contributed by atoms with Crippen LogP contribution in [0, 0.1) is 6.92 Å². The van der Waals surface area contributed by atoms with Gasteiger partial charge in [-0.15, -0.1) is 11.3 Å². The molecule has 7 heteroatoms. The van der Waals surface area contributed by atoms with Crippen molar-refractivity contribution in [1.29, 1.82) is 0 Å². The highest BCUT2D eigenvalue weighted by Crippen LogP contribution is 2.38. The maximum Gasteiger partial charge on any atom is 0.262 e. The monoisotopic (exact) mass is 400 g/mol. The second-order valence-corrected chi connectivity index (χ2v) is 9.25. The van der Waals surface area contributed by atoms with Gasteiger partial charge < -0.3 is 4.74 Å². The van der Waals surface area contributed by atoms with Gasteiger partial charge in [0, 0.05) is 18.7 Å². The molecule has 1 aliphatic heterocycles. The second-order valence-electron chi connectivity index (χ2n) is 6.40. The van der Waals surface area contributed by atoms with E-state index in [-0.39, 0.29) is 5.03 Å². The van der Waals surface area contributed by atoms with Crippen molar-refractivity contribution >= 4 is 21.4 Å². The van der Waals surface area contributed by atoms with E-state index in [1.165, 1.54) is 15.6 Å². The number of thiazole rings is 1. The standard InChI is InChI=1S/C20H20N2O3S2/c1-15-7-9-17(10-8-15)19-21-20(18(26-19)16-5-3-2-4-6-16)27(23,24)22-11-13-25-14-12-22/h2-10H,11-14H2,1H3. The minimum absolute atomic E-state index is 0.135. The molecule has 140 valence electrons. The third-order valence-electron chi connectivity index (χ3n) is 4.48. The van der Waals surface area contributed by atoms with Crippen LogP contribution in [0.15, 0.2) is 59.6 Å². The fourth-order valence-electron chi connectivity index (χ4n) is 2.98. The van der Waals surface area contributed by atoms with Gasteiger partial charge in [0.15, 0.2) is 5.03 Å². The SMILES string of the molecule is Cc1ccc(-c2nc(S(=O)(=O)N3CCOCC3)c(-c3ccccc3)s2)cc1. The molecule has 0 N–H and O–H groups in total. The molecule has 4 rings (SSSR count). The maximum absolute atomic E-state index is 13.3. The number of aromatic nitrogens is 1. The van der Waals surface area contributed by atoms with Crippen molar-refractivity contribution in [3.63, 3.8) is 0 Å². The number of aryl methyl sites for hydroxylation is 1. The second kappa shape index (κ2) is 7.52. The molecule has 1 aliphatic rings. The fraction of sp³-hybridized carbons (Fsp3) is 0.250. The van der Waals surface area contributed by atoms with Crippen molar-refractivity contribution in [1.82, 2.24) is 9.29 Å². The number of rotatable bonds is 4. The summed E-state index contributed by atoms with van der Waals surface area (Å²) in [6.45, 7) is 3.56. The van der Waals surface area contributed by atoms with Crippen LogP contribution in [0.3, 0.4) is 0 Å². The first-order valence-corrected chi connectivity index (χ1v) is 11.0. The number of nitrogens with zero attached hydrogens (tertiary/aromatic N) is 2. The zero-order chi connectivity index (χ0) is 18.9. The fourth-order valence-corrected chi connectivity index (χ4v) is 5.88. The average Bonchev–Trinajstić information content (AvgIpc) is 3.16. The van der Waals surface area contributed by atoms with E-state index in [1.54, 1.807) is 0 Å². The van der Waals surface area contributed by atoms with Crippen LogP contribution in [-0.4, -0.2) is 44.0 Å². The van der Waals surface area contributed by atoms with Crippen molar-refractivity contribution in [3.05, 3.63) is 60.2 Å². The first-order chi connectivity index (χ1) is 13.1. The molecular formula is C20H20N2O3S2. The lowest BCUT2D eigenvalue weighted by molar-refractivity contribution is 0.0729. The van der Waals surface area contributed by atoms with E-state index >= 15 is 0 Å². The van der Waals surface area contributed by atoms with Crippen molar-refractivity contribution in [3.8, 4) is 21.0 Å². The molecule has 0 spiro atoms. The molecule has 27 heavy (non-hydrogen) atoms. The van der Waals surface area contributed by atoms with Crippen LogP contribution in [0.25, 0.3) is 21.0 Å². The summed E-state index contributed by atoms with van der Waals surface area (Å²) in [6, 6.07) is 17.6. The Morgan fingerprint density at radius 2 is 1.63 bits per heavy atom. The van der Waals surface area contributed by atoms with Crippen LogP contribution in [0.4, 0.5) is 0 Å². The molecule has 0 atom stereocenters. The van der Waals surface area contributed by atoms with Crippen molar-refractivity contribution in [2.45, 2.75) is 11.9 Å². The van der Waals surface area contributed by atoms with Crippen molar-refractivity contribution in [2.24, 2.45) is 0 Å². The van der Waals surface area contributed by atoms with Crippen LogP contribution < -0.4 is 0 Å². The van der Waals surface area contributed by atoms with Crippen molar-refractivity contribution < 1.29 is 13.2 Å². The molecule has 1 fully saturated rings. The number of hydrogen-bond acceptors (Lipinski definition) is 5. The summed E-state index contributed by atoms with van der Waals surface area (Å²) in [5, 5.41) is 0.844. The highest BCUT2D eigenvalue weighted by Gasteiger charge is 2.32. The molecule has 2 aromatic carbocycles. The Balaban J connectivity index is 1.85. The molecular weight excluding hydrogens is 380 g/mol. The van der Waals surface area contributed by atoms with Gasteiger partial charge in [0.05, 0.1) is 18.1 Å². The molecule has 0 radical (unpaired) electrons. The van der Waals surface area contributed by atoms with E-state index in [4.69, 9.17) is 4.74 Å². The van der Waals surface area contributed by atoms with Gasteiger partial charge in [0.1, 0.15) is 5.01 Å². The molecule has 1 aromatic heterocycles. The summed E-state index contributed by atoms with van der Waals surface area (Å²) >= 11 is 1.41. The number of hydrogen-bond donors (Lipinski definition) is 0. The summed E-state index contributed by atoms with van der Waals surface area (Å²) in [6.07, 6.45) is 0. The predicted molar refractivity (Wildman–Crippen MR) is 107 cm³/mol. The molecule has 0 aliphatic carbocycles. The lowest BCUT2D eigenvalue weighted by Crippen LogP contribution is -2.40. The molecule has 0 saturated carbocycles. The van der Waals surface area contributed by atoms with Gasteiger partial charge in [-0.05, 0) is 12.5 Å². The Kier molecular flexibility index (Phi) is 5.10. The summed E-state index contributed by atoms with van der Waals surface area (Å²) in [5.74, 6) is 0. The van der Waals surface area contributed by atoms with E-state index < -0.39 is 10.0 Å². The van der Waals surface area contributed by atoms with E-state index in [2.05, 4.69) is 4.98 Å². The first kappa shape index (κ1) is 18.3. The lowest BCUT2D eigenvalue weighted by Gasteiger charge is -2.25. The van der Waals surface area contributed by atoms with Gasteiger partial charge in [-0.1, -0.05) is 60.2 Å². The van der Waals surface area contributed by atoms with Crippen LogP contribution >= 0.6 is 11.3 Å². The molecule has 0 bridgehead atoms. The Bertz CT molecular complexity index is 1020. The Morgan fingerprint density at radius 3 is 2.30 bits per heavy atom. The molecule has 0 unspecified atom stereocenters. The smallest absolute Gasteiger partial charge is 0.262 e. The third-order valence-corrected chi connectivity index (χ3v) is 7.60. The third kappa shape index (κ3) is 3.68. The zero-order valence-corrected chi connectivity index (χ0v) is 16.6. The largest absolute Gasteiger partial charge is 0.379 e. The normalized spacial score (nSPS) is 15.7. The van der Waals surface area contributed by atoms with Gasteiger partial charge in [0.2, 0.25) is 0 Å².